The molecular formula is C23H20N6O. The van der Waals surface area contributed by atoms with Gasteiger partial charge >= 0.3 is 0 Å². The van der Waals surface area contributed by atoms with Crippen LogP contribution in [0.1, 0.15) is 11.4 Å². The van der Waals surface area contributed by atoms with E-state index in [9.17, 15) is 0 Å². The number of nitrogens with zero attached hydrogens (tertiary/aromatic N) is 6. The Labute approximate surface area is 173 Å². The second-order valence-corrected chi connectivity index (χ2v) is 7.21. The van der Waals surface area contributed by atoms with E-state index in [1.165, 1.54) is 5.56 Å². The molecular weight excluding hydrogens is 376 g/mol. The van der Waals surface area contributed by atoms with E-state index in [0.717, 1.165) is 29.1 Å². The molecule has 5 aromatic rings. The third kappa shape index (κ3) is 3.70. The molecule has 30 heavy (non-hydrogen) atoms. The fourth-order valence-electron chi connectivity index (χ4n) is 3.42. The van der Waals surface area contributed by atoms with Gasteiger partial charge in [0.2, 0.25) is 5.82 Å². The number of fused-ring (bicyclic) bond motifs is 1. The molecule has 0 saturated heterocycles. The molecule has 0 spiro atoms. The summed E-state index contributed by atoms with van der Waals surface area (Å²) < 4.78 is 7.45. The predicted octanol–water partition coefficient (Wildman–Crippen LogP) is 4.08. The average molecular weight is 396 g/mol. The Bertz CT molecular complexity index is 1260. The minimum atomic E-state index is 0.460. The summed E-state index contributed by atoms with van der Waals surface area (Å²) in [6.07, 6.45) is 1.95. The molecule has 0 aliphatic rings. The smallest absolute Gasteiger partial charge is 0.258 e. The highest BCUT2D eigenvalue weighted by Crippen LogP contribution is 2.23. The summed E-state index contributed by atoms with van der Waals surface area (Å²) in [5.74, 6) is 1.91. The molecule has 0 N–H and O–H groups in total. The molecule has 0 unspecified atom stereocenters. The molecule has 7 nitrogen and oxygen atoms in total. The second-order valence-electron chi connectivity index (χ2n) is 7.21. The molecule has 0 aliphatic carbocycles. The van der Waals surface area contributed by atoms with E-state index in [1.54, 1.807) is 0 Å². The van der Waals surface area contributed by atoms with Crippen LogP contribution in [0.15, 0.2) is 83.5 Å². The van der Waals surface area contributed by atoms with Crippen molar-refractivity contribution in [3.8, 4) is 22.8 Å². The van der Waals surface area contributed by atoms with Crippen molar-refractivity contribution in [2.75, 3.05) is 7.05 Å². The standard InChI is InChI=1S/C23H20N6O/c1-28(15-17-8-4-2-5-9-17)16-21-26-25-20-14-19(12-13-29(20)21)23-24-22(27-30-23)18-10-6-3-7-11-18/h2-14H,15-16H2,1H3. The molecule has 0 fully saturated rings. The molecule has 148 valence electrons. The van der Waals surface area contributed by atoms with E-state index in [1.807, 2.05) is 59.1 Å². The van der Waals surface area contributed by atoms with Crippen LogP contribution >= 0.6 is 0 Å². The van der Waals surface area contributed by atoms with Crippen molar-refractivity contribution in [1.29, 1.82) is 0 Å². The Kier molecular flexibility index (Phi) is 4.78. The van der Waals surface area contributed by atoms with Gasteiger partial charge in [-0.3, -0.25) is 9.30 Å². The van der Waals surface area contributed by atoms with Crippen molar-refractivity contribution in [2.45, 2.75) is 13.1 Å². The lowest BCUT2D eigenvalue weighted by Crippen LogP contribution is -2.18. The summed E-state index contributed by atoms with van der Waals surface area (Å²) in [4.78, 5) is 6.73. The van der Waals surface area contributed by atoms with Gasteiger partial charge in [0.05, 0.1) is 6.54 Å². The van der Waals surface area contributed by atoms with Crippen molar-refractivity contribution < 1.29 is 4.52 Å². The van der Waals surface area contributed by atoms with Gasteiger partial charge in [-0.15, -0.1) is 10.2 Å². The third-order valence-electron chi connectivity index (χ3n) is 4.89. The Hall–Kier alpha value is -3.84. The highest BCUT2D eigenvalue weighted by molar-refractivity contribution is 5.62. The number of aromatic nitrogens is 5. The maximum Gasteiger partial charge on any atom is 0.258 e. The molecule has 0 amide bonds. The van der Waals surface area contributed by atoms with Crippen molar-refractivity contribution in [2.24, 2.45) is 0 Å². The Morgan fingerprint density at radius 1 is 0.867 bits per heavy atom. The maximum absolute atomic E-state index is 5.46. The van der Waals surface area contributed by atoms with E-state index in [4.69, 9.17) is 4.52 Å². The first kappa shape index (κ1) is 18.2. The Morgan fingerprint density at radius 3 is 2.43 bits per heavy atom. The number of pyridine rings is 1. The molecule has 0 radical (unpaired) electrons. The quantitative estimate of drug-likeness (QED) is 0.431. The van der Waals surface area contributed by atoms with Crippen LogP contribution in [0.3, 0.4) is 0 Å². The van der Waals surface area contributed by atoms with E-state index in [0.29, 0.717) is 18.3 Å². The summed E-state index contributed by atoms with van der Waals surface area (Å²) in [7, 11) is 2.08. The van der Waals surface area contributed by atoms with E-state index in [2.05, 4.69) is 56.6 Å². The lowest BCUT2D eigenvalue weighted by Gasteiger charge is -2.15. The summed E-state index contributed by atoms with van der Waals surface area (Å²) in [5.41, 5.74) is 3.74. The molecule has 0 atom stereocenters. The van der Waals surface area contributed by atoms with Crippen molar-refractivity contribution in [1.82, 2.24) is 29.6 Å². The maximum atomic E-state index is 5.46. The van der Waals surface area contributed by atoms with Crippen LogP contribution < -0.4 is 0 Å². The molecule has 5 rings (SSSR count). The minimum absolute atomic E-state index is 0.460. The summed E-state index contributed by atoms with van der Waals surface area (Å²) >= 11 is 0. The lowest BCUT2D eigenvalue weighted by atomic mass is 10.2. The van der Waals surface area contributed by atoms with Gasteiger partial charge in [-0.25, -0.2) is 0 Å². The zero-order valence-electron chi connectivity index (χ0n) is 16.5. The number of benzene rings is 2. The topological polar surface area (TPSA) is 72.3 Å². The average Bonchev–Trinajstić information content (AvgIpc) is 3.42. The Morgan fingerprint density at radius 2 is 1.63 bits per heavy atom. The number of rotatable bonds is 6. The van der Waals surface area contributed by atoms with Gasteiger partial charge in [-0.05, 0) is 24.7 Å². The normalized spacial score (nSPS) is 11.4. The van der Waals surface area contributed by atoms with E-state index >= 15 is 0 Å². The zero-order chi connectivity index (χ0) is 20.3. The Balaban J connectivity index is 1.36. The molecule has 3 aromatic heterocycles. The van der Waals surface area contributed by atoms with Gasteiger partial charge in [0.25, 0.3) is 5.89 Å². The fourth-order valence-corrected chi connectivity index (χ4v) is 3.42. The first-order valence-electron chi connectivity index (χ1n) is 9.72. The summed E-state index contributed by atoms with van der Waals surface area (Å²) in [6.45, 7) is 1.53. The highest BCUT2D eigenvalue weighted by atomic mass is 16.5. The van der Waals surface area contributed by atoms with Gasteiger partial charge < -0.3 is 4.52 Å². The molecule has 3 heterocycles. The van der Waals surface area contributed by atoms with Crippen molar-refractivity contribution in [3.63, 3.8) is 0 Å². The first-order valence-corrected chi connectivity index (χ1v) is 9.72. The SMILES string of the molecule is CN(Cc1ccccc1)Cc1nnc2cc(-c3nc(-c4ccccc4)no3)ccn12. The van der Waals surface area contributed by atoms with Crippen molar-refractivity contribution >= 4 is 5.65 Å². The van der Waals surface area contributed by atoms with Crippen LogP contribution in [-0.4, -0.2) is 36.7 Å². The summed E-state index contributed by atoms with van der Waals surface area (Å²) in [5, 5.41) is 12.8. The zero-order valence-corrected chi connectivity index (χ0v) is 16.5. The number of hydrogen-bond acceptors (Lipinski definition) is 6. The first-order chi connectivity index (χ1) is 14.8. The third-order valence-corrected chi connectivity index (χ3v) is 4.89. The fraction of sp³-hybridized carbons (Fsp3) is 0.130. The van der Waals surface area contributed by atoms with Crippen LogP contribution in [0.25, 0.3) is 28.5 Å². The van der Waals surface area contributed by atoms with Crippen LogP contribution in [0.4, 0.5) is 0 Å². The summed E-state index contributed by atoms with van der Waals surface area (Å²) in [6, 6.07) is 24.0. The second kappa shape index (κ2) is 7.88. The largest absolute Gasteiger partial charge is 0.334 e. The van der Waals surface area contributed by atoms with Gasteiger partial charge in [0.1, 0.15) is 0 Å². The molecule has 2 aromatic carbocycles. The predicted molar refractivity (Wildman–Crippen MR) is 113 cm³/mol. The van der Waals surface area contributed by atoms with E-state index < -0.39 is 0 Å². The van der Waals surface area contributed by atoms with Gasteiger partial charge in [-0.2, -0.15) is 4.98 Å². The van der Waals surface area contributed by atoms with Crippen molar-refractivity contribution in [3.05, 3.63) is 90.4 Å². The minimum Gasteiger partial charge on any atom is -0.334 e. The van der Waals surface area contributed by atoms with Gasteiger partial charge in [0, 0.05) is 23.9 Å². The lowest BCUT2D eigenvalue weighted by molar-refractivity contribution is 0.309. The molecule has 7 heteroatoms. The van der Waals surface area contributed by atoms with Crippen LogP contribution in [0, 0.1) is 0 Å². The van der Waals surface area contributed by atoms with Gasteiger partial charge in [-0.1, -0.05) is 65.8 Å². The van der Waals surface area contributed by atoms with Gasteiger partial charge in [0.15, 0.2) is 11.5 Å². The van der Waals surface area contributed by atoms with Crippen LogP contribution in [0.2, 0.25) is 0 Å². The van der Waals surface area contributed by atoms with E-state index in [-0.39, 0.29) is 0 Å². The van der Waals surface area contributed by atoms with Crippen LogP contribution in [0.5, 0.6) is 0 Å². The molecule has 0 bridgehead atoms. The monoisotopic (exact) mass is 396 g/mol. The number of hydrogen-bond donors (Lipinski definition) is 0. The molecule has 0 saturated carbocycles. The molecule has 0 aliphatic heterocycles. The van der Waals surface area contributed by atoms with Crippen LogP contribution in [-0.2, 0) is 13.1 Å². The highest BCUT2D eigenvalue weighted by Gasteiger charge is 2.14.